The van der Waals surface area contributed by atoms with Crippen molar-refractivity contribution in [1.29, 1.82) is 0 Å². The minimum atomic E-state index is 0.274. The van der Waals surface area contributed by atoms with Crippen LogP contribution in [0, 0.1) is 5.92 Å². The second-order valence-electron chi connectivity index (χ2n) is 3.25. The fraction of sp³-hybridized carbons (Fsp3) is 1.00. The Morgan fingerprint density at radius 1 is 1.42 bits per heavy atom. The average Bonchev–Trinajstić information content (AvgIpc) is 2.10. The molecule has 0 aromatic heterocycles. The summed E-state index contributed by atoms with van der Waals surface area (Å²) in [5.41, 5.74) is 0. The van der Waals surface area contributed by atoms with Crippen LogP contribution in [0.15, 0.2) is 0 Å². The topological polar surface area (TPSA) is 32.3 Å². The summed E-state index contributed by atoms with van der Waals surface area (Å²) in [6, 6.07) is 0.428. The molecule has 2 nitrogen and oxygen atoms in total. The van der Waals surface area contributed by atoms with Crippen LogP contribution in [-0.4, -0.2) is 36.3 Å². The van der Waals surface area contributed by atoms with Crippen molar-refractivity contribution >= 4 is 11.8 Å². The molecule has 0 heterocycles. The van der Waals surface area contributed by atoms with Crippen LogP contribution in [0.3, 0.4) is 0 Å². The third-order valence-electron chi connectivity index (χ3n) is 2.13. The molecule has 3 heteroatoms. The maximum absolute atomic E-state index is 8.86. The van der Waals surface area contributed by atoms with Gasteiger partial charge in [0.15, 0.2) is 0 Å². The summed E-state index contributed by atoms with van der Waals surface area (Å²) < 4.78 is 0. The zero-order chi connectivity index (χ0) is 9.40. The van der Waals surface area contributed by atoms with E-state index in [9.17, 15) is 0 Å². The summed E-state index contributed by atoms with van der Waals surface area (Å²) in [4.78, 5) is 0. The third kappa shape index (κ3) is 5.86. The van der Waals surface area contributed by atoms with Gasteiger partial charge in [-0.3, -0.25) is 0 Å². The first kappa shape index (κ1) is 12.3. The molecular weight excluding hydrogens is 170 g/mol. The Labute approximate surface area is 80.1 Å². The standard InChI is InChI=1S/C9H21NOS/c1-8(7-11)9(2)10-5-4-6-12-3/h8-11H,4-7H2,1-3H3. The van der Waals surface area contributed by atoms with Crippen molar-refractivity contribution in [2.75, 3.05) is 25.2 Å². The van der Waals surface area contributed by atoms with E-state index in [4.69, 9.17) is 5.11 Å². The lowest BCUT2D eigenvalue weighted by Gasteiger charge is -2.18. The number of hydrogen-bond donors (Lipinski definition) is 2. The van der Waals surface area contributed by atoms with Gasteiger partial charge in [0.1, 0.15) is 0 Å². The lowest BCUT2D eigenvalue weighted by molar-refractivity contribution is 0.208. The van der Waals surface area contributed by atoms with Gasteiger partial charge in [-0.1, -0.05) is 6.92 Å². The van der Waals surface area contributed by atoms with Crippen molar-refractivity contribution in [3.05, 3.63) is 0 Å². The van der Waals surface area contributed by atoms with Gasteiger partial charge in [0.25, 0.3) is 0 Å². The van der Waals surface area contributed by atoms with Crippen LogP contribution in [0.25, 0.3) is 0 Å². The highest BCUT2D eigenvalue weighted by Crippen LogP contribution is 2.01. The fourth-order valence-electron chi connectivity index (χ4n) is 0.906. The highest BCUT2D eigenvalue weighted by atomic mass is 32.2. The molecule has 2 atom stereocenters. The average molecular weight is 191 g/mol. The fourth-order valence-corrected chi connectivity index (χ4v) is 1.34. The normalized spacial score (nSPS) is 16.0. The summed E-state index contributed by atoms with van der Waals surface area (Å²) in [6.45, 7) is 5.52. The van der Waals surface area contributed by atoms with Crippen LogP contribution in [0.4, 0.5) is 0 Å². The van der Waals surface area contributed by atoms with Gasteiger partial charge in [0.2, 0.25) is 0 Å². The predicted molar refractivity (Wildman–Crippen MR) is 56.7 cm³/mol. The SMILES string of the molecule is CSCCCNC(C)C(C)CO. The summed E-state index contributed by atoms with van der Waals surface area (Å²) in [5.74, 6) is 1.58. The Morgan fingerprint density at radius 3 is 2.58 bits per heavy atom. The van der Waals surface area contributed by atoms with E-state index < -0.39 is 0 Å². The Morgan fingerprint density at radius 2 is 2.08 bits per heavy atom. The molecule has 0 aliphatic heterocycles. The molecule has 0 spiro atoms. The van der Waals surface area contributed by atoms with E-state index in [0.717, 1.165) is 6.54 Å². The molecule has 0 aliphatic rings. The predicted octanol–water partition coefficient (Wildman–Crippen LogP) is 1.35. The van der Waals surface area contributed by atoms with Crippen LogP contribution in [-0.2, 0) is 0 Å². The zero-order valence-electron chi connectivity index (χ0n) is 8.34. The maximum Gasteiger partial charge on any atom is 0.0471 e. The Balaban J connectivity index is 3.24. The Hall–Kier alpha value is 0.270. The van der Waals surface area contributed by atoms with E-state index in [2.05, 4.69) is 25.4 Å². The molecular formula is C9H21NOS. The number of thioether (sulfide) groups is 1. The van der Waals surface area contributed by atoms with E-state index in [-0.39, 0.29) is 6.61 Å². The van der Waals surface area contributed by atoms with Crippen molar-refractivity contribution in [1.82, 2.24) is 5.32 Å². The smallest absolute Gasteiger partial charge is 0.0471 e. The number of aliphatic hydroxyl groups is 1. The zero-order valence-corrected chi connectivity index (χ0v) is 9.16. The van der Waals surface area contributed by atoms with Gasteiger partial charge in [0.05, 0.1) is 0 Å². The molecule has 12 heavy (non-hydrogen) atoms. The third-order valence-corrected chi connectivity index (χ3v) is 2.83. The molecule has 0 saturated carbocycles. The minimum Gasteiger partial charge on any atom is -0.396 e. The van der Waals surface area contributed by atoms with Gasteiger partial charge in [0, 0.05) is 12.6 Å². The van der Waals surface area contributed by atoms with E-state index in [1.54, 1.807) is 0 Å². The first-order chi connectivity index (χ1) is 5.72. The van der Waals surface area contributed by atoms with E-state index in [1.807, 2.05) is 11.8 Å². The van der Waals surface area contributed by atoms with Crippen molar-refractivity contribution in [2.45, 2.75) is 26.3 Å². The number of rotatable bonds is 7. The van der Waals surface area contributed by atoms with Gasteiger partial charge in [-0.15, -0.1) is 0 Å². The number of aliphatic hydroxyl groups excluding tert-OH is 1. The molecule has 0 saturated heterocycles. The molecule has 0 aromatic rings. The van der Waals surface area contributed by atoms with E-state index in [1.165, 1.54) is 12.2 Å². The summed E-state index contributed by atoms with van der Waals surface area (Å²) in [7, 11) is 0. The molecule has 2 unspecified atom stereocenters. The number of nitrogens with one attached hydrogen (secondary N) is 1. The van der Waals surface area contributed by atoms with Crippen LogP contribution < -0.4 is 5.32 Å². The van der Waals surface area contributed by atoms with Crippen LogP contribution in [0.5, 0.6) is 0 Å². The Bertz CT molecular complexity index is 101. The van der Waals surface area contributed by atoms with Crippen molar-refractivity contribution < 1.29 is 5.11 Å². The molecule has 0 bridgehead atoms. The van der Waals surface area contributed by atoms with Gasteiger partial charge < -0.3 is 10.4 Å². The summed E-state index contributed by atoms with van der Waals surface area (Å²) in [5, 5.41) is 12.3. The molecule has 0 rings (SSSR count). The molecule has 0 aromatic carbocycles. The van der Waals surface area contributed by atoms with Crippen LogP contribution in [0.2, 0.25) is 0 Å². The van der Waals surface area contributed by atoms with E-state index >= 15 is 0 Å². The highest BCUT2D eigenvalue weighted by molar-refractivity contribution is 7.98. The first-order valence-corrected chi connectivity index (χ1v) is 5.95. The van der Waals surface area contributed by atoms with Gasteiger partial charge in [-0.05, 0) is 37.8 Å². The van der Waals surface area contributed by atoms with Crippen molar-refractivity contribution in [3.63, 3.8) is 0 Å². The van der Waals surface area contributed by atoms with Crippen LogP contribution >= 0.6 is 11.8 Å². The molecule has 2 N–H and O–H groups in total. The second kappa shape index (κ2) is 7.90. The second-order valence-corrected chi connectivity index (χ2v) is 4.23. The highest BCUT2D eigenvalue weighted by Gasteiger charge is 2.08. The molecule has 0 aliphatic carbocycles. The first-order valence-electron chi connectivity index (χ1n) is 4.55. The molecule has 0 amide bonds. The monoisotopic (exact) mass is 191 g/mol. The quantitative estimate of drug-likeness (QED) is 0.596. The van der Waals surface area contributed by atoms with Gasteiger partial charge in [-0.2, -0.15) is 11.8 Å². The van der Waals surface area contributed by atoms with E-state index in [0.29, 0.717) is 12.0 Å². The van der Waals surface area contributed by atoms with Crippen molar-refractivity contribution in [2.24, 2.45) is 5.92 Å². The van der Waals surface area contributed by atoms with Gasteiger partial charge in [-0.25, -0.2) is 0 Å². The minimum absolute atomic E-state index is 0.274. The molecule has 0 radical (unpaired) electrons. The maximum atomic E-state index is 8.86. The summed E-state index contributed by atoms with van der Waals surface area (Å²) >= 11 is 1.88. The van der Waals surface area contributed by atoms with Crippen molar-refractivity contribution in [3.8, 4) is 0 Å². The Kier molecular flexibility index (Phi) is 8.07. The lowest BCUT2D eigenvalue weighted by Crippen LogP contribution is -2.34. The number of hydrogen-bond acceptors (Lipinski definition) is 3. The molecule has 0 fully saturated rings. The van der Waals surface area contributed by atoms with Crippen LogP contribution in [0.1, 0.15) is 20.3 Å². The van der Waals surface area contributed by atoms with Gasteiger partial charge >= 0.3 is 0 Å². The lowest BCUT2D eigenvalue weighted by atomic mass is 10.1. The summed E-state index contributed by atoms with van der Waals surface area (Å²) in [6.07, 6.45) is 3.34. The molecule has 74 valence electrons. The largest absolute Gasteiger partial charge is 0.396 e.